The second-order valence-electron chi connectivity index (χ2n) is 4.43. The summed E-state index contributed by atoms with van der Waals surface area (Å²) in [4.78, 5) is 4.52. The van der Waals surface area contributed by atoms with Gasteiger partial charge in [-0.2, -0.15) is 4.98 Å². The molecule has 108 valence electrons. The number of rotatable bonds is 5. The number of hydrogen-bond donors (Lipinski definition) is 0. The molecule has 5 heteroatoms. The summed E-state index contributed by atoms with van der Waals surface area (Å²) in [5.41, 5.74) is 1.85. The standard InChI is InChI=1S/C16H15BrN2O2/c1-2-20-12-6-8-13(9-7-12)21-16-14(11-17)19-10-4-3-5-15(19)18-16/h3-10H,2,11H2,1H3. The van der Waals surface area contributed by atoms with Gasteiger partial charge in [0.1, 0.15) is 17.1 Å². The Hall–Kier alpha value is -2.01. The van der Waals surface area contributed by atoms with E-state index in [0.717, 1.165) is 22.8 Å². The number of ether oxygens (including phenoxy) is 2. The van der Waals surface area contributed by atoms with Crippen LogP contribution in [0.25, 0.3) is 5.65 Å². The summed E-state index contributed by atoms with van der Waals surface area (Å²) in [6.45, 7) is 2.61. The fraction of sp³-hybridized carbons (Fsp3) is 0.188. The van der Waals surface area contributed by atoms with Crippen LogP contribution >= 0.6 is 15.9 Å². The minimum atomic E-state index is 0.613. The van der Waals surface area contributed by atoms with Crippen molar-refractivity contribution >= 4 is 21.6 Å². The summed E-state index contributed by atoms with van der Waals surface area (Å²) in [7, 11) is 0. The van der Waals surface area contributed by atoms with Crippen molar-refractivity contribution in [1.29, 1.82) is 0 Å². The van der Waals surface area contributed by atoms with Gasteiger partial charge in [-0.25, -0.2) is 0 Å². The fourth-order valence-electron chi connectivity index (χ4n) is 2.11. The molecule has 0 N–H and O–H groups in total. The zero-order chi connectivity index (χ0) is 14.7. The van der Waals surface area contributed by atoms with Crippen LogP contribution in [-0.4, -0.2) is 16.0 Å². The third kappa shape index (κ3) is 2.88. The zero-order valence-corrected chi connectivity index (χ0v) is 13.2. The third-order valence-corrected chi connectivity index (χ3v) is 3.60. The van der Waals surface area contributed by atoms with Crippen LogP contribution < -0.4 is 9.47 Å². The predicted molar refractivity (Wildman–Crippen MR) is 85.5 cm³/mol. The number of aromatic nitrogens is 2. The first kappa shape index (κ1) is 13.9. The molecule has 0 spiro atoms. The Bertz CT molecular complexity index is 738. The highest BCUT2D eigenvalue weighted by atomic mass is 79.9. The van der Waals surface area contributed by atoms with E-state index in [9.17, 15) is 0 Å². The van der Waals surface area contributed by atoms with Crippen molar-refractivity contribution in [2.75, 3.05) is 6.61 Å². The fourth-order valence-corrected chi connectivity index (χ4v) is 2.62. The van der Waals surface area contributed by atoms with Crippen LogP contribution in [0.5, 0.6) is 17.4 Å². The number of alkyl halides is 1. The van der Waals surface area contributed by atoms with Crippen molar-refractivity contribution in [3.05, 3.63) is 54.4 Å². The molecule has 0 aliphatic rings. The molecule has 21 heavy (non-hydrogen) atoms. The maximum absolute atomic E-state index is 5.90. The molecule has 0 amide bonds. The topological polar surface area (TPSA) is 35.8 Å². The number of fused-ring (bicyclic) bond motifs is 1. The number of nitrogens with zero attached hydrogens (tertiary/aromatic N) is 2. The number of hydrogen-bond acceptors (Lipinski definition) is 3. The number of imidazole rings is 1. The van der Waals surface area contributed by atoms with Crippen molar-refractivity contribution in [2.45, 2.75) is 12.3 Å². The molecule has 0 atom stereocenters. The van der Waals surface area contributed by atoms with Crippen LogP contribution in [0.4, 0.5) is 0 Å². The molecule has 3 rings (SSSR count). The normalized spacial score (nSPS) is 10.8. The Labute approximate surface area is 131 Å². The summed E-state index contributed by atoms with van der Waals surface area (Å²) in [6, 6.07) is 13.4. The molecule has 0 saturated carbocycles. The minimum Gasteiger partial charge on any atom is -0.494 e. The first-order valence-electron chi connectivity index (χ1n) is 6.74. The molecular formula is C16H15BrN2O2. The lowest BCUT2D eigenvalue weighted by atomic mass is 10.3. The Morgan fingerprint density at radius 1 is 1.10 bits per heavy atom. The predicted octanol–water partition coefficient (Wildman–Crippen LogP) is 4.42. The van der Waals surface area contributed by atoms with Gasteiger partial charge in [0.25, 0.3) is 0 Å². The van der Waals surface area contributed by atoms with E-state index in [0.29, 0.717) is 17.8 Å². The van der Waals surface area contributed by atoms with E-state index in [1.807, 2.05) is 60.0 Å². The van der Waals surface area contributed by atoms with E-state index in [1.54, 1.807) is 0 Å². The lowest BCUT2D eigenvalue weighted by Crippen LogP contribution is -1.93. The van der Waals surface area contributed by atoms with Gasteiger partial charge in [-0.15, -0.1) is 0 Å². The summed E-state index contributed by atoms with van der Waals surface area (Å²) in [5.74, 6) is 2.19. The van der Waals surface area contributed by atoms with E-state index >= 15 is 0 Å². The second kappa shape index (κ2) is 6.18. The number of halogens is 1. The maximum Gasteiger partial charge on any atom is 0.242 e. The van der Waals surface area contributed by atoms with Gasteiger partial charge in [-0.1, -0.05) is 22.0 Å². The lowest BCUT2D eigenvalue weighted by molar-refractivity contribution is 0.339. The Balaban J connectivity index is 1.90. The van der Waals surface area contributed by atoms with Crippen molar-refractivity contribution in [3.63, 3.8) is 0 Å². The highest BCUT2D eigenvalue weighted by Gasteiger charge is 2.12. The SMILES string of the molecule is CCOc1ccc(Oc2nc3ccccn3c2CBr)cc1. The summed E-state index contributed by atoms with van der Waals surface area (Å²) in [5, 5.41) is 0.671. The second-order valence-corrected chi connectivity index (χ2v) is 4.99. The quantitative estimate of drug-likeness (QED) is 0.641. The van der Waals surface area contributed by atoms with Crippen molar-refractivity contribution < 1.29 is 9.47 Å². The van der Waals surface area contributed by atoms with Gasteiger partial charge in [0.05, 0.1) is 12.3 Å². The average molecular weight is 347 g/mol. The molecule has 0 bridgehead atoms. The van der Waals surface area contributed by atoms with E-state index in [1.165, 1.54) is 0 Å². The van der Waals surface area contributed by atoms with Crippen LogP contribution in [-0.2, 0) is 5.33 Å². The summed E-state index contributed by atoms with van der Waals surface area (Å²) < 4.78 is 13.3. The molecule has 0 unspecified atom stereocenters. The van der Waals surface area contributed by atoms with Crippen LogP contribution in [0.1, 0.15) is 12.6 Å². The molecule has 0 saturated heterocycles. The molecule has 0 radical (unpaired) electrons. The maximum atomic E-state index is 5.90. The van der Waals surface area contributed by atoms with Gasteiger partial charge < -0.3 is 9.47 Å². The van der Waals surface area contributed by atoms with Crippen LogP contribution in [0.15, 0.2) is 48.7 Å². The first-order valence-corrected chi connectivity index (χ1v) is 7.86. The van der Waals surface area contributed by atoms with Crippen molar-refractivity contribution in [1.82, 2.24) is 9.38 Å². The number of benzene rings is 1. The minimum absolute atomic E-state index is 0.613. The molecule has 4 nitrogen and oxygen atoms in total. The molecule has 1 aromatic carbocycles. The molecule has 3 aromatic rings. The smallest absolute Gasteiger partial charge is 0.242 e. The summed E-state index contributed by atoms with van der Waals surface area (Å²) in [6.07, 6.45) is 1.98. The highest BCUT2D eigenvalue weighted by Crippen LogP contribution is 2.28. The third-order valence-electron chi connectivity index (χ3n) is 3.07. The van der Waals surface area contributed by atoms with Gasteiger partial charge >= 0.3 is 0 Å². The highest BCUT2D eigenvalue weighted by molar-refractivity contribution is 9.08. The van der Waals surface area contributed by atoms with Gasteiger partial charge in [-0.3, -0.25) is 4.40 Å². The van der Waals surface area contributed by atoms with Gasteiger partial charge in [-0.05, 0) is 43.3 Å². The Morgan fingerprint density at radius 3 is 2.57 bits per heavy atom. The molecule has 0 fully saturated rings. The van der Waals surface area contributed by atoms with Crippen molar-refractivity contribution in [3.8, 4) is 17.4 Å². The van der Waals surface area contributed by atoms with Crippen LogP contribution in [0, 0.1) is 0 Å². The molecular weight excluding hydrogens is 332 g/mol. The Morgan fingerprint density at radius 2 is 1.86 bits per heavy atom. The molecule has 0 aliphatic heterocycles. The average Bonchev–Trinajstić information content (AvgIpc) is 2.86. The van der Waals surface area contributed by atoms with Crippen LogP contribution in [0.3, 0.4) is 0 Å². The van der Waals surface area contributed by atoms with Gasteiger partial charge in [0.2, 0.25) is 5.88 Å². The van der Waals surface area contributed by atoms with E-state index < -0.39 is 0 Å². The van der Waals surface area contributed by atoms with Gasteiger partial charge in [0, 0.05) is 11.5 Å². The molecule has 2 aromatic heterocycles. The van der Waals surface area contributed by atoms with E-state index in [4.69, 9.17) is 9.47 Å². The summed E-state index contributed by atoms with van der Waals surface area (Å²) >= 11 is 3.49. The largest absolute Gasteiger partial charge is 0.494 e. The van der Waals surface area contributed by atoms with E-state index in [-0.39, 0.29) is 0 Å². The first-order chi connectivity index (χ1) is 10.3. The number of pyridine rings is 1. The van der Waals surface area contributed by atoms with Gasteiger partial charge in [0.15, 0.2) is 0 Å². The van der Waals surface area contributed by atoms with Crippen molar-refractivity contribution in [2.24, 2.45) is 0 Å². The lowest BCUT2D eigenvalue weighted by Gasteiger charge is -2.06. The van der Waals surface area contributed by atoms with Crippen LogP contribution in [0.2, 0.25) is 0 Å². The zero-order valence-electron chi connectivity index (χ0n) is 11.6. The monoisotopic (exact) mass is 346 g/mol. The molecule has 2 heterocycles. The molecule has 0 aliphatic carbocycles. The van der Waals surface area contributed by atoms with E-state index in [2.05, 4.69) is 20.9 Å². The Kier molecular flexibility index (Phi) is 4.10.